The van der Waals surface area contributed by atoms with Crippen molar-refractivity contribution in [3.63, 3.8) is 0 Å². The van der Waals surface area contributed by atoms with E-state index in [1.165, 1.54) is 18.4 Å². The van der Waals surface area contributed by atoms with Crippen LogP contribution in [-0.4, -0.2) is 13.7 Å². The largest absolute Gasteiger partial charge is 0.497 e. The first-order chi connectivity index (χ1) is 10.8. The van der Waals surface area contributed by atoms with Crippen LogP contribution in [0.2, 0.25) is 0 Å². The second-order valence-corrected chi connectivity index (χ2v) is 5.29. The van der Waals surface area contributed by atoms with Crippen LogP contribution in [0.1, 0.15) is 31.7 Å². The van der Waals surface area contributed by atoms with Gasteiger partial charge in [-0.15, -0.1) is 0 Å². The van der Waals surface area contributed by atoms with Crippen LogP contribution in [0.5, 0.6) is 11.5 Å². The molecule has 3 heteroatoms. The van der Waals surface area contributed by atoms with Crippen molar-refractivity contribution in [2.45, 2.75) is 32.7 Å². The van der Waals surface area contributed by atoms with Gasteiger partial charge in [-0.2, -0.15) is 0 Å². The van der Waals surface area contributed by atoms with Crippen LogP contribution in [0.15, 0.2) is 48.5 Å². The molecule has 0 amide bonds. The Morgan fingerprint density at radius 1 is 0.955 bits per heavy atom. The maximum absolute atomic E-state index is 5.72. The van der Waals surface area contributed by atoms with Gasteiger partial charge in [-0.05, 0) is 36.2 Å². The summed E-state index contributed by atoms with van der Waals surface area (Å²) in [5.41, 5.74) is 2.28. The molecular formula is C19H25NO2. The monoisotopic (exact) mass is 299 g/mol. The van der Waals surface area contributed by atoms with Crippen molar-refractivity contribution in [2.75, 3.05) is 19.0 Å². The van der Waals surface area contributed by atoms with Crippen LogP contribution >= 0.6 is 0 Å². The van der Waals surface area contributed by atoms with E-state index in [0.29, 0.717) is 0 Å². The Hall–Kier alpha value is -2.16. The van der Waals surface area contributed by atoms with Crippen LogP contribution in [0, 0.1) is 0 Å². The molecule has 0 spiro atoms. The van der Waals surface area contributed by atoms with E-state index in [9.17, 15) is 0 Å². The number of hydrogen-bond donors (Lipinski definition) is 1. The quantitative estimate of drug-likeness (QED) is 0.670. The molecule has 0 aliphatic carbocycles. The normalized spacial score (nSPS) is 10.3. The van der Waals surface area contributed by atoms with Gasteiger partial charge < -0.3 is 14.8 Å². The third-order valence-corrected chi connectivity index (χ3v) is 3.51. The van der Waals surface area contributed by atoms with E-state index in [-0.39, 0.29) is 0 Å². The summed E-state index contributed by atoms with van der Waals surface area (Å²) in [6.45, 7) is 3.78. The van der Waals surface area contributed by atoms with Gasteiger partial charge in [-0.1, -0.05) is 38.0 Å². The van der Waals surface area contributed by atoms with E-state index in [1.54, 1.807) is 7.11 Å². The third-order valence-electron chi connectivity index (χ3n) is 3.51. The fraction of sp³-hybridized carbons (Fsp3) is 0.368. The highest BCUT2D eigenvalue weighted by atomic mass is 16.5. The van der Waals surface area contributed by atoms with E-state index in [0.717, 1.165) is 36.8 Å². The predicted molar refractivity (Wildman–Crippen MR) is 91.8 cm³/mol. The maximum atomic E-state index is 5.72. The zero-order chi connectivity index (χ0) is 15.6. The highest BCUT2D eigenvalue weighted by Gasteiger charge is 1.98. The lowest BCUT2D eigenvalue weighted by Gasteiger charge is -2.09. The van der Waals surface area contributed by atoms with E-state index >= 15 is 0 Å². The van der Waals surface area contributed by atoms with E-state index in [4.69, 9.17) is 9.47 Å². The van der Waals surface area contributed by atoms with Gasteiger partial charge in [0.15, 0.2) is 0 Å². The lowest BCUT2D eigenvalue weighted by Crippen LogP contribution is -2.00. The molecule has 118 valence electrons. The summed E-state index contributed by atoms with van der Waals surface area (Å²) in [5, 5.41) is 3.39. The van der Waals surface area contributed by atoms with Crippen molar-refractivity contribution in [3.8, 4) is 11.5 Å². The zero-order valence-corrected chi connectivity index (χ0v) is 13.5. The summed E-state index contributed by atoms with van der Waals surface area (Å²) in [7, 11) is 1.68. The van der Waals surface area contributed by atoms with Gasteiger partial charge in [0.2, 0.25) is 0 Å². The zero-order valence-electron chi connectivity index (χ0n) is 13.5. The van der Waals surface area contributed by atoms with Crippen LogP contribution in [0.25, 0.3) is 0 Å². The average molecular weight is 299 g/mol. The molecule has 2 aromatic carbocycles. The molecule has 0 saturated carbocycles. The topological polar surface area (TPSA) is 30.5 Å². The summed E-state index contributed by atoms with van der Waals surface area (Å²) < 4.78 is 10.9. The van der Waals surface area contributed by atoms with Gasteiger partial charge in [0.25, 0.3) is 0 Å². The second kappa shape index (κ2) is 8.98. The fourth-order valence-corrected chi connectivity index (χ4v) is 2.18. The number of anilines is 1. The fourth-order valence-electron chi connectivity index (χ4n) is 2.18. The summed E-state index contributed by atoms with van der Waals surface area (Å²) in [6, 6.07) is 16.2. The second-order valence-electron chi connectivity index (χ2n) is 5.29. The lowest BCUT2D eigenvalue weighted by molar-refractivity contribution is 0.306. The third kappa shape index (κ3) is 5.32. The summed E-state index contributed by atoms with van der Waals surface area (Å²) in [4.78, 5) is 0. The molecular weight excluding hydrogens is 274 g/mol. The molecule has 0 aliphatic heterocycles. The molecule has 0 bridgehead atoms. The van der Waals surface area contributed by atoms with Crippen molar-refractivity contribution < 1.29 is 9.47 Å². The standard InChI is InChI=1S/C19H25NO2/c1-3-4-5-13-22-18-11-9-16(10-12-18)15-20-17-7-6-8-19(14-17)21-2/h6-12,14,20H,3-5,13,15H2,1-2H3. The predicted octanol–water partition coefficient (Wildman–Crippen LogP) is 4.88. The number of rotatable bonds is 9. The van der Waals surface area contributed by atoms with E-state index < -0.39 is 0 Å². The number of unbranched alkanes of at least 4 members (excludes halogenated alkanes) is 2. The summed E-state index contributed by atoms with van der Waals surface area (Å²) in [5.74, 6) is 1.81. The Balaban J connectivity index is 1.80. The summed E-state index contributed by atoms with van der Waals surface area (Å²) in [6.07, 6.45) is 3.57. The molecule has 0 fully saturated rings. The van der Waals surface area contributed by atoms with Crippen LogP contribution in [-0.2, 0) is 6.54 Å². The highest BCUT2D eigenvalue weighted by molar-refractivity contribution is 5.48. The number of benzene rings is 2. The van der Waals surface area contributed by atoms with Gasteiger partial charge >= 0.3 is 0 Å². The van der Waals surface area contributed by atoms with Crippen LogP contribution < -0.4 is 14.8 Å². The molecule has 0 heterocycles. The molecule has 0 aliphatic rings. The Kier molecular flexibility index (Phi) is 6.62. The first kappa shape index (κ1) is 16.2. The van der Waals surface area contributed by atoms with Crippen molar-refractivity contribution in [1.82, 2.24) is 0 Å². The summed E-state index contributed by atoms with van der Waals surface area (Å²) >= 11 is 0. The molecule has 2 aromatic rings. The van der Waals surface area contributed by atoms with Gasteiger partial charge in [0, 0.05) is 18.3 Å². The van der Waals surface area contributed by atoms with Gasteiger partial charge in [-0.25, -0.2) is 0 Å². The molecule has 2 rings (SSSR count). The number of ether oxygens (including phenoxy) is 2. The Morgan fingerprint density at radius 3 is 2.50 bits per heavy atom. The van der Waals surface area contributed by atoms with Gasteiger partial charge in [0.05, 0.1) is 13.7 Å². The molecule has 1 N–H and O–H groups in total. The molecule has 3 nitrogen and oxygen atoms in total. The Bertz CT molecular complexity index is 552. The van der Waals surface area contributed by atoms with Crippen LogP contribution in [0.3, 0.4) is 0 Å². The van der Waals surface area contributed by atoms with E-state index in [2.05, 4.69) is 24.4 Å². The van der Waals surface area contributed by atoms with Crippen LogP contribution in [0.4, 0.5) is 5.69 Å². The lowest BCUT2D eigenvalue weighted by atomic mass is 10.2. The smallest absolute Gasteiger partial charge is 0.120 e. The number of methoxy groups -OCH3 is 1. The molecule has 22 heavy (non-hydrogen) atoms. The molecule has 0 unspecified atom stereocenters. The highest BCUT2D eigenvalue weighted by Crippen LogP contribution is 2.18. The minimum absolute atomic E-state index is 0.781. The van der Waals surface area contributed by atoms with E-state index in [1.807, 2.05) is 36.4 Å². The average Bonchev–Trinajstić information content (AvgIpc) is 2.58. The Morgan fingerprint density at radius 2 is 1.77 bits per heavy atom. The SMILES string of the molecule is CCCCCOc1ccc(CNc2cccc(OC)c2)cc1. The minimum atomic E-state index is 0.781. The molecule has 0 atom stereocenters. The maximum Gasteiger partial charge on any atom is 0.120 e. The first-order valence-electron chi connectivity index (χ1n) is 7.91. The van der Waals surface area contributed by atoms with Crippen molar-refractivity contribution >= 4 is 5.69 Å². The number of nitrogens with one attached hydrogen (secondary N) is 1. The van der Waals surface area contributed by atoms with Crippen molar-refractivity contribution in [3.05, 3.63) is 54.1 Å². The first-order valence-corrected chi connectivity index (χ1v) is 7.91. The molecule has 0 saturated heterocycles. The van der Waals surface area contributed by atoms with Crippen molar-refractivity contribution in [1.29, 1.82) is 0 Å². The van der Waals surface area contributed by atoms with Gasteiger partial charge in [-0.3, -0.25) is 0 Å². The van der Waals surface area contributed by atoms with Gasteiger partial charge in [0.1, 0.15) is 11.5 Å². The minimum Gasteiger partial charge on any atom is -0.497 e. The van der Waals surface area contributed by atoms with Crippen molar-refractivity contribution in [2.24, 2.45) is 0 Å². The number of hydrogen-bond acceptors (Lipinski definition) is 3. The Labute approximate surface area is 133 Å². The molecule has 0 radical (unpaired) electrons. The molecule has 0 aromatic heterocycles.